The van der Waals surface area contributed by atoms with Crippen LogP contribution < -0.4 is 20.7 Å². The van der Waals surface area contributed by atoms with Gasteiger partial charge in [-0.05, 0) is 46.9 Å². The third-order valence-electron chi connectivity index (χ3n) is 10.7. The van der Waals surface area contributed by atoms with Gasteiger partial charge in [-0.15, -0.1) is 0 Å². The Morgan fingerprint density at radius 1 is 0.907 bits per heavy atom. The quantitative estimate of drug-likeness (QED) is 0.0848. The van der Waals surface area contributed by atoms with E-state index in [-0.39, 0.29) is 24.7 Å². The van der Waals surface area contributed by atoms with E-state index in [9.17, 15) is 29.7 Å². The van der Waals surface area contributed by atoms with E-state index in [2.05, 4.69) is 25.9 Å². The van der Waals surface area contributed by atoms with E-state index >= 15 is 0 Å². The first-order valence-electron chi connectivity index (χ1n) is 18.9. The number of H-pyrrole nitrogens is 1. The first-order valence-corrected chi connectivity index (χ1v) is 18.9. The third-order valence-corrected chi connectivity index (χ3v) is 10.7. The molecule has 0 radical (unpaired) electrons. The van der Waals surface area contributed by atoms with E-state index in [1.54, 1.807) is 32.2 Å². The second-order valence-corrected chi connectivity index (χ2v) is 14.9. The van der Waals surface area contributed by atoms with Gasteiger partial charge in [-0.3, -0.25) is 14.4 Å². The van der Waals surface area contributed by atoms with Crippen LogP contribution in [-0.2, 0) is 20.8 Å². The first kappa shape index (κ1) is 38.5. The van der Waals surface area contributed by atoms with Crippen molar-refractivity contribution in [1.29, 1.82) is 0 Å². The molecule has 4 aromatic rings. The van der Waals surface area contributed by atoms with Crippen LogP contribution in [0.1, 0.15) is 75.2 Å². The van der Waals surface area contributed by atoms with Crippen LogP contribution in [0.15, 0.2) is 85.0 Å². The molecular formula is C42H51N5O7. The summed E-state index contributed by atoms with van der Waals surface area (Å²) in [7, 11) is 0. The topological polar surface area (TPSA) is 186 Å². The number of fused-ring (bicyclic) bond motifs is 2. The second-order valence-electron chi connectivity index (χ2n) is 14.9. The summed E-state index contributed by atoms with van der Waals surface area (Å²) in [6.45, 7) is 3.22. The molecule has 3 aromatic carbocycles. The molecule has 1 aromatic heterocycles. The van der Waals surface area contributed by atoms with Gasteiger partial charge in [-0.2, -0.15) is 0 Å². The molecule has 12 nitrogen and oxygen atoms in total. The van der Waals surface area contributed by atoms with E-state index in [0.717, 1.165) is 54.0 Å². The molecule has 1 heterocycles. The maximum atomic E-state index is 14.1. The highest BCUT2D eigenvalue weighted by molar-refractivity contribution is 5.90. The number of hydrogen-bond acceptors (Lipinski definition) is 8. The van der Waals surface area contributed by atoms with E-state index < -0.39 is 59.9 Å². The standard InChI is InChI=1S/C42H51N5O7/c1-25(2)37(42(53)47-38-31-17-9-7-14-28(31)20-34(38)48)40(51)39(50)32(19-26-11-4-3-5-12-26)46-41(52)33(21-29-22-43-24-44-29)45-36(49)23-54-35-18-10-15-27-13-6-8-16-30(27)35/h6-10,13-18,20,22,24-26,32-33,37-40,48,50-51H,3-5,11-12,19,21,23H2,1-2H3,(H,43,44)(H,45,49)(H,46,52)(H,47,53)/t32-,33-,37-,38+,39-,40-/m0/s1. The van der Waals surface area contributed by atoms with Crippen molar-refractivity contribution in [3.63, 3.8) is 0 Å². The van der Waals surface area contributed by atoms with Crippen LogP contribution in [0.5, 0.6) is 5.75 Å². The van der Waals surface area contributed by atoms with Gasteiger partial charge >= 0.3 is 0 Å². The molecule has 0 saturated heterocycles. The van der Waals surface area contributed by atoms with Gasteiger partial charge in [0.1, 0.15) is 29.7 Å². The zero-order valence-electron chi connectivity index (χ0n) is 30.8. The Hall–Kier alpha value is -5.20. The number of aliphatic hydroxyl groups is 3. The third kappa shape index (κ3) is 9.29. The predicted molar refractivity (Wildman–Crippen MR) is 205 cm³/mol. The number of carbonyl (C=O) groups excluding carboxylic acids is 3. The summed E-state index contributed by atoms with van der Waals surface area (Å²) in [4.78, 5) is 48.4. The van der Waals surface area contributed by atoms with Crippen molar-refractivity contribution >= 4 is 34.6 Å². The zero-order valence-corrected chi connectivity index (χ0v) is 30.8. The number of rotatable bonds is 16. The molecule has 0 aliphatic heterocycles. The second kappa shape index (κ2) is 17.7. The molecule has 54 heavy (non-hydrogen) atoms. The van der Waals surface area contributed by atoms with Crippen molar-refractivity contribution in [1.82, 2.24) is 25.9 Å². The fourth-order valence-electron chi connectivity index (χ4n) is 7.88. The summed E-state index contributed by atoms with van der Waals surface area (Å²) in [5.41, 5.74) is 2.13. The Morgan fingerprint density at radius 3 is 2.41 bits per heavy atom. The number of benzene rings is 3. The molecule has 7 N–H and O–H groups in total. The lowest BCUT2D eigenvalue weighted by atomic mass is 9.79. The maximum absolute atomic E-state index is 14.1. The maximum Gasteiger partial charge on any atom is 0.258 e. The highest BCUT2D eigenvalue weighted by Crippen LogP contribution is 2.34. The van der Waals surface area contributed by atoms with Crippen molar-refractivity contribution in [3.8, 4) is 5.75 Å². The lowest BCUT2D eigenvalue weighted by molar-refractivity contribution is -0.138. The Balaban J connectivity index is 1.18. The minimum Gasteiger partial charge on any atom is -0.510 e. The molecule has 2 aliphatic carbocycles. The van der Waals surface area contributed by atoms with Crippen LogP contribution in [0.2, 0.25) is 0 Å². The lowest BCUT2D eigenvalue weighted by Crippen LogP contribution is -2.58. The summed E-state index contributed by atoms with van der Waals surface area (Å²) < 4.78 is 5.90. The number of nitrogens with one attached hydrogen (secondary N) is 4. The molecule has 0 spiro atoms. The van der Waals surface area contributed by atoms with Crippen molar-refractivity contribution in [2.45, 2.75) is 89.1 Å². The average molecular weight is 738 g/mol. The van der Waals surface area contributed by atoms with Gasteiger partial charge in [0.2, 0.25) is 11.8 Å². The van der Waals surface area contributed by atoms with Crippen LogP contribution >= 0.6 is 0 Å². The van der Waals surface area contributed by atoms with E-state index in [0.29, 0.717) is 17.9 Å². The normalized spacial score (nSPS) is 18.5. The summed E-state index contributed by atoms with van der Waals surface area (Å²) in [5, 5.41) is 44.8. The van der Waals surface area contributed by atoms with Crippen LogP contribution in [0, 0.1) is 17.8 Å². The van der Waals surface area contributed by atoms with E-state index in [4.69, 9.17) is 4.74 Å². The first-order chi connectivity index (χ1) is 26.1. The molecule has 3 amide bonds. The number of aromatic amines is 1. The molecule has 0 unspecified atom stereocenters. The molecule has 1 saturated carbocycles. The Morgan fingerprint density at radius 2 is 1.65 bits per heavy atom. The van der Waals surface area contributed by atoms with Gasteiger partial charge in [0.15, 0.2) is 6.61 Å². The SMILES string of the molecule is CC(C)[C@H](C(=O)N[C@H]1C(O)=Cc2ccccc21)[C@H](O)[C@@H](O)[C@H](CC1CCCCC1)NC(=O)[C@H](Cc1cnc[nH]1)NC(=O)COc1cccc2ccccc12. The zero-order chi connectivity index (χ0) is 38.2. The highest BCUT2D eigenvalue weighted by atomic mass is 16.5. The highest BCUT2D eigenvalue weighted by Gasteiger charge is 2.41. The van der Waals surface area contributed by atoms with E-state index in [1.807, 2.05) is 60.7 Å². The molecule has 2 aliphatic rings. The van der Waals surface area contributed by atoms with Gasteiger partial charge in [-0.1, -0.05) is 107 Å². The number of carbonyl (C=O) groups is 3. The number of ether oxygens (including phenoxy) is 1. The molecular weight excluding hydrogens is 686 g/mol. The van der Waals surface area contributed by atoms with Gasteiger partial charge in [-0.25, -0.2) is 4.98 Å². The summed E-state index contributed by atoms with van der Waals surface area (Å²) >= 11 is 0. The molecule has 286 valence electrons. The molecule has 0 bridgehead atoms. The molecule has 6 rings (SSSR count). The number of hydrogen-bond donors (Lipinski definition) is 7. The monoisotopic (exact) mass is 737 g/mol. The lowest BCUT2D eigenvalue weighted by Gasteiger charge is -2.36. The Kier molecular flexibility index (Phi) is 12.7. The minimum absolute atomic E-state index is 0.0163. The van der Waals surface area contributed by atoms with Crippen molar-refractivity contribution < 1.29 is 34.4 Å². The Labute approximate surface area is 315 Å². The van der Waals surface area contributed by atoms with Crippen molar-refractivity contribution in [2.24, 2.45) is 17.8 Å². The van der Waals surface area contributed by atoms with Crippen LogP contribution in [0.25, 0.3) is 16.8 Å². The number of aromatic nitrogens is 2. The largest absolute Gasteiger partial charge is 0.510 e. The Bertz CT molecular complexity index is 1920. The number of amides is 3. The van der Waals surface area contributed by atoms with Crippen LogP contribution in [0.4, 0.5) is 0 Å². The smallest absolute Gasteiger partial charge is 0.258 e. The minimum atomic E-state index is -1.56. The van der Waals surface area contributed by atoms with Gasteiger partial charge < -0.3 is 41.0 Å². The van der Waals surface area contributed by atoms with Crippen LogP contribution in [-0.4, -0.2) is 73.9 Å². The van der Waals surface area contributed by atoms with Crippen LogP contribution in [0.3, 0.4) is 0 Å². The van der Waals surface area contributed by atoms with Gasteiger partial charge in [0.25, 0.3) is 5.91 Å². The fourth-order valence-corrected chi connectivity index (χ4v) is 7.88. The van der Waals surface area contributed by atoms with Crippen molar-refractivity contribution in [3.05, 3.63) is 102 Å². The van der Waals surface area contributed by atoms with E-state index in [1.165, 1.54) is 6.33 Å². The molecule has 6 atom stereocenters. The average Bonchev–Trinajstić information content (AvgIpc) is 3.80. The van der Waals surface area contributed by atoms with Gasteiger partial charge in [0.05, 0.1) is 24.4 Å². The summed E-state index contributed by atoms with van der Waals surface area (Å²) in [6.07, 6.45) is 7.01. The number of imidazole rings is 1. The van der Waals surface area contributed by atoms with Crippen molar-refractivity contribution in [2.75, 3.05) is 6.61 Å². The summed E-state index contributed by atoms with van der Waals surface area (Å²) in [5.74, 6) is -2.38. The fraction of sp³-hybridized carbons (Fsp3) is 0.429. The predicted octanol–water partition coefficient (Wildman–Crippen LogP) is 4.89. The molecule has 1 fully saturated rings. The summed E-state index contributed by atoms with van der Waals surface area (Å²) in [6, 6.07) is 17.8. The molecule has 12 heteroatoms. The number of aliphatic hydroxyl groups excluding tert-OH is 3. The van der Waals surface area contributed by atoms with Gasteiger partial charge in [0, 0.05) is 23.7 Å². The number of nitrogens with zero attached hydrogens (tertiary/aromatic N) is 1.